The quantitative estimate of drug-likeness (QED) is 0.551. The van der Waals surface area contributed by atoms with Gasteiger partial charge in [-0.05, 0) is 57.1 Å². The number of nitrogens with zero attached hydrogens (tertiary/aromatic N) is 4. The zero-order chi connectivity index (χ0) is 19.8. The van der Waals surface area contributed by atoms with Gasteiger partial charge in [-0.3, -0.25) is 4.90 Å². The first-order chi connectivity index (χ1) is 13.5. The van der Waals surface area contributed by atoms with E-state index in [0.29, 0.717) is 10.0 Å². The molecule has 1 atom stereocenters. The Labute approximate surface area is 176 Å². The van der Waals surface area contributed by atoms with Gasteiger partial charge in [0.15, 0.2) is 0 Å². The van der Waals surface area contributed by atoms with Crippen LogP contribution in [-0.2, 0) is 6.54 Å². The number of benzene rings is 2. The third kappa shape index (κ3) is 3.28. The Morgan fingerprint density at radius 1 is 1.11 bits per heavy atom. The SMILES string of the molecule is CCN(CC)c1cccc2nc3n(c12)CCCN(C)C3c1ccc(Cl)cc1Cl. The second kappa shape index (κ2) is 7.94. The van der Waals surface area contributed by atoms with Crippen molar-refractivity contribution in [2.45, 2.75) is 32.9 Å². The molecule has 0 bridgehead atoms. The molecule has 0 saturated heterocycles. The molecule has 0 radical (unpaired) electrons. The number of halogens is 2. The van der Waals surface area contributed by atoms with E-state index in [0.717, 1.165) is 49.5 Å². The number of rotatable bonds is 4. The zero-order valence-electron chi connectivity index (χ0n) is 16.6. The summed E-state index contributed by atoms with van der Waals surface area (Å²) in [5.41, 5.74) is 4.58. The molecule has 148 valence electrons. The molecular weight excluding hydrogens is 391 g/mol. The Kier molecular flexibility index (Phi) is 5.55. The fraction of sp³-hybridized carbons (Fsp3) is 0.409. The van der Waals surface area contributed by atoms with Crippen molar-refractivity contribution in [3.63, 3.8) is 0 Å². The summed E-state index contributed by atoms with van der Waals surface area (Å²) in [5.74, 6) is 1.05. The van der Waals surface area contributed by atoms with Crippen LogP contribution in [0.1, 0.15) is 37.7 Å². The molecule has 1 aliphatic heterocycles. The highest BCUT2D eigenvalue weighted by atomic mass is 35.5. The molecule has 3 aromatic rings. The van der Waals surface area contributed by atoms with Crippen molar-refractivity contribution in [2.75, 3.05) is 31.6 Å². The molecule has 4 rings (SSSR count). The normalized spacial score (nSPS) is 17.5. The lowest BCUT2D eigenvalue weighted by Crippen LogP contribution is -2.26. The minimum absolute atomic E-state index is 0.00391. The van der Waals surface area contributed by atoms with Gasteiger partial charge in [0.2, 0.25) is 0 Å². The molecule has 2 aromatic carbocycles. The summed E-state index contributed by atoms with van der Waals surface area (Å²) >= 11 is 12.8. The standard InChI is InChI=1S/C22H26Cl2N4/c1-4-27(5-2)19-9-6-8-18-21(19)28-13-7-12-26(3)20(22(28)25-18)16-11-10-15(23)14-17(16)24/h6,8-11,14,20H,4-5,7,12-13H2,1-3H3. The molecule has 1 aromatic heterocycles. The van der Waals surface area contributed by atoms with Gasteiger partial charge in [0.05, 0.1) is 22.8 Å². The highest BCUT2D eigenvalue weighted by Crippen LogP contribution is 2.38. The van der Waals surface area contributed by atoms with Gasteiger partial charge in [-0.25, -0.2) is 4.98 Å². The Morgan fingerprint density at radius 2 is 1.89 bits per heavy atom. The van der Waals surface area contributed by atoms with Gasteiger partial charge in [0.25, 0.3) is 0 Å². The lowest BCUT2D eigenvalue weighted by Gasteiger charge is -2.26. The molecule has 4 nitrogen and oxygen atoms in total. The number of hydrogen-bond donors (Lipinski definition) is 0. The van der Waals surface area contributed by atoms with Crippen LogP contribution in [0, 0.1) is 0 Å². The summed E-state index contributed by atoms with van der Waals surface area (Å²) < 4.78 is 2.40. The van der Waals surface area contributed by atoms with E-state index in [-0.39, 0.29) is 6.04 Å². The van der Waals surface area contributed by atoms with Crippen molar-refractivity contribution in [1.82, 2.24) is 14.5 Å². The molecule has 1 aliphatic rings. The first-order valence-corrected chi connectivity index (χ1v) is 10.7. The molecule has 0 aliphatic carbocycles. The number of hydrogen-bond acceptors (Lipinski definition) is 3. The van der Waals surface area contributed by atoms with E-state index in [1.54, 1.807) is 0 Å². The van der Waals surface area contributed by atoms with Crippen molar-refractivity contribution in [2.24, 2.45) is 0 Å². The molecule has 0 saturated carbocycles. The average Bonchev–Trinajstić information content (AvgIpc) is 2.96. The molecule has 2 heterocycles. The smallest absolute Gasteiger partial charge is 0.132 e. The predicted molar refractivity (Wildman–Crippen MR) is 119 cm³/mol. The van der Waals surface area contributed by atoms with Gasteiger partial charge < -0.3 is 9.47 Å². The summed E-state index contributed by atoms with van der Waals surface area (Å²) in [6, 6.07) is 12.2. The Bertz CT molecular complexity index is 994. The Hall–Kier alpha value is -1.75. The number of fused-ring (bicyclic) bond motifs is 3. The van der Waals surface area contributed by atoms with E-state index in [4.69, 9.17) is 28.2 Å². The summed E-state index contributed by atoms with van der Waals surface area (Å²) in [4.78, 5) is 9.84. The van der Waals surface area contributed by atoms with Crippen molar-refractivity contribution < 1.29 is 0 Å². The van der Waals surface area contributed by atoms with E-state index in [1.165, 1.54) is 11.2 Å². The molecule has 0 fully saturated rings. The molecular formula is C22H26Cl2N4. The van der Waals surface area contributed by atoms with Gasteiger partial charge in [-0.15, -0.1) is 0 Å². The van der Waals surface area contributed by atoms with Crippen LogP contribution in [0.15, 0.2) is 36.4 Å². The van der Waals surface area contributed by atoms with Crippen LogP contribution in [0.2, 0.25) is 10.0 Å². The Morgan fingerprint density at radius 3 is 2.61 bits per heavy atom. The van der Waals surface area contributed by atoms with Gasteiger partial charge in [0.1, 0.15) is 5.82 Å². The summed E-state index contributed by atoms with van der Waals surface area (Å²) in [6.07, 6.45) is 1.07. The predicted octanol–water partition coefficient (Wildman–Crippen LogP) is 5.61. The van der Waals surface area contributed by atoms with E-state index >= 15 is 0 Å². The number of aryl methyl sites for hydroxylation is 1. The fourth-order valence-corrected chi connectivity index (χ4v) is 4.86. The molecule has 0 amide bonds. The monoisotopic (exact) mass is 416 g/mol. The molecule has 0 spiro atoms. The van der Waals surface area contributed by atoms with Gasteiger partial charge in [-0.2, -0.15) is 0 Å². The third-order valence-corrected chi connectivity index (χ3v) is 6.28. The number of aromatic nitrogens is 2. The summed E-state index contributed by atoms with van der Waals surface area (Å²) in [7, 11) is 2.15. The summed E-state index contributed by atoms with van der Waals surface area (Å²) in [6.45, 7) is 8.29. The van der Waals surface area contributed by atoms with Crippen molar-refractivity contribution >= 4 is 39.9 Å². The van der Waals surface area contributed by atoms with Gasteiger partial charge >= 0.3 is 0 Å². The van der Waals surface area contributed by atoms with Crippen molar-refractivity contribution in [3.05, 3.63) is 57.8 Å². The maximum absolute atomic E-state index is 6.62. The number of para-hydroxylation sites is 1. The fourth-order valence-electron chi connectivity index (χ4n) is 4.34. The molecule has 28 heavy (non-hydrogen) atoms. The average molecular weight is 417 g/mol. The maximum atomic E-state index is 6.62. The number of anilines is 1. The van der Waals surface area contributed by atoms with E-state index in [9.17, 15) is 0 Å². The van der Waals surface area contributed by atoms with E-state index in [2.05, 4.69) is 53.5 Å². The minimum atomic E-state index is 0.00391. The molecule has 1 unspecified atom stereocenters. The van der Waals surface area contributed by atoms with Crippen LogP contribution in [-0.4, -0.2) is 41.1 Å². The first kappa shape index (κ1) is 19.6. The van der Waals surface area contributed by atoms with E-state index < -0.39 is 0 Å². The van der Waals surface area contributed by atoms with E-state index in [1.807, 2.05) is 18.2 Å². The topological polar surface area (TPSA) is 24.3 Å². The van der Waals surface area contributed by atoms with Crippen molar-refractivity contribution in [1.29, 1.82) is 0 Å². The second-order valence-electron chi connectivity index (χ2n) is 7.34. The van der Waals surface area contributed by atoms with Gasteiger partial charge in [-0.1, -0.05) is 35.3 Å². The molecule has 0 N–H and O–H groups in total. The van der Waals surface area contributed by atoms with Crippen LogP contribution in [0.4, 0.5) is 5.69 Å². The van der Waals surface area contributed by atoms with Gasteiger partial charge in [0, 0.05) is 36.2 Å². The third-order valence-electron chi connectivity index (χ3n) is 5.71. The number of imidazole rings is 1. The zero-order valence-corrected chi connectivity index (χ0v) is 18.1. The lowest BCUT2D eigenvalue weighted by atomic mass is 10.0. The highest BCUT2D eigenvalue weighted by molar-refractivity contribution is 6.35. The summed E-state index contributed by atoms with van der Waals surface area (Å²) in [5, 5.41) is 1.34. The van der Waals surface area contributed by atoms with Crippen LogP contribution in [0.3, 0.4) is 0 Å². The Balaban J connectivity index is 1.96. The minimum Gasteiger partial charge on any atom is -0.370 e. The largest absolute Gasteiger partial charge is 0.370 e. The highest BCUT2D eigenvalue weighted by Gasteiger charge is 2.30. The lowest BCUT2D eigenvalue weighted by molar-refractivity contribution is 0.280. The molecule has 6 heteroatoms. The van der Waals surface area contributed by atoms with Crippen LogP contribution >= 0.6 is 23.2 Å². The maximum Gasteiger partial charge on any atom is 0.132 e. The first-order valence-electron chi connectivity index (χ1n) is 9.94. The second-order valence-corrected chi connectivity index (χ2v) is 8.18. The van der Waals surface area contributed by atoms with Crippen LogP contribution in [0.25, 0.3) is 11.0 Å². The van der Waals surface area contributed by atoms with Crippen LogP contribution < -0.4 is 4.90 Å². The van der Waals surface area contributed by atoms with Crippen molar-refractivity contribution in [3.8, 4) is 0 Å². The van der Waals surface area contributed by atoms with Crippen LogP contribution in [0.5, 0.6) is 0 Å².